The number of nitrogens with one attached hydrogen (secondary N) is 1. The van der Waals surface area contributed by atoms with E-state index in [1.54, 1.807) is 6.08 Å². The number of anilines is 1. The highest BCUT2D eigenvalue weighted by Crippen LogP contribution is 2.27. The fourth-order valence-corrected chi connectivity index (χ4v) is 3.18. The molecule has 0 bridgehead atoms. The quantitative estimate of drug-likeness (QED) is 0.279. The van der Waals surface area contributed by atoms with Gasteiger partial charge < -0.3 is 0 Å². The predicted octanol–water partition coefficient (Wildman–Crippen LogP) is 3.63. The van der Waals surface area contributed by atoms with Crippen LogP contribution in [-0.2, 0) is 0 Å². The maximum Gasteiger partial charge on any atom is 0.270 e. The lowest BCUT2D eigenvalue weighted by atomic mass is 10.2. The van der Waals surface area contributed by atoms with Gasteiger partial charge in [0.1, 0.15) is 0 Å². The standard InChI is InChI=1S/C12H9ClN4O3S2/c1-2-5-21-12-16-15-11(22-12)14-10(18)8-4-3-7(17(19)20)6-9(8)13/h2-4,6H,1,5H2,(H,14,15,18). The molecule has 0 fully saturated rings. The summed E-state index contributed by atoms with van der Waals surface area (Å²) >= 11 is 8.56. The second-order valence-corrected chi connectivity index (χ2v) is 6.50. The number of nitro benzene ring substituents is 1. The summed E-state index contributed by atoms with van der Waals surface area (Å²) in [6.45, 7) is 3.60. The summed E-state index contributed by atoms with van der Waals surface area (Å²) in [5.74, 6) is 0.188. The van der Waals surface area contributed by atoms with Gasteiger partial charge in [0.25, 0.3) is 11.6 Å². The van der Waals surface area contributed by atoms with Gasteiger partial charge in [0.15, 0.2) is 4.34 Å². The van der Waals surface area contributed by atoms with Gasteiger partial charge >= 0.3 is 0 Å². The van der Waals surface area contributed by atoms with Crippen LogP contribution in [0, 0.1) is 10.1 Å². The molecule has 22 heavy (non-hydrogen) atoms. The molecule has 0 unspecified atom stereocenters. The van der Waals surface area contributed by atoms with Gasteiger partial charge in [-0.1, -0.05) is 40.8 Å². The Hall–Kier alpha value is -1.97. The van der Waals surface area contributed by atoms with Gasteiger partial charge in [-0.3, -0.25) is 20.2 Å². The van der Waals surface area contributed by atoms with Crippen molar-refractivity contribution in [2.24, 2.45) is 0 Å². The average molecular weight is 357 g/mol. The lowest BCUT2D eigenvalue weighted by Gasteiger charge is -2.03. The summed E-state index contributed by atoms with van der Waals surface area (Å²) in [4.78, 5) is 22.1. The number of aromatic nitrogens is 2. The number of rotatable bonds is 6. The lowest BCUT2D eigenvalue weighted by Crippen LogP contribution is -2.12. The zero-order valence-electron chi connectivity index (χ0n) is 11.0. The van der Waals surface area contributed by atoms with Gasteiger partial charge in [-0.25, -0.2) is 0 Å². The van der Waals surface area contributed by atoms with E-state index >= 15 is 0 Å². The molecular formula is C12H9ClN4O3S2. The molecule has 0 saturated heterocycles. The zero-order valence-corrected chi connectivity index (χ0v) is 13.4. The van der Waals surface area contributed by atoms with E-state index in [9.17, 15) is 14.9 Å². The van der Waals surface area contributed by atoms with Gasteiger partial charge in [0.05, 0.1) is 15.5 Å². The molecule has 0 aliphatic heterocycles. The number of carbonyl (C=O) groups excluding carboxylic acids is 1. The molecule has 1 aromatic carbocycles. The monoisotopic (exact) mass is 356 g/mol. The van der Waals surface area contributed by atoms with Gasteiger partial charge in [-0.15, -0.1) is 16.8 Å². The van der Waals surface area contributed by atoms with Crippen LogP contribution in [0.15, 0.2) is 35.2 Å². The first-order valence-corrected chi connectivity index (χ1v) is 8.01. The van der Waals surface area contributed by atoms with Gasteiger partial charge in [0, 0.05) is 17.9 Å². The third-order valence-electron chi connectivity index (χ3n) is 2.36. The first-order chi connectivity index (χ1) is 10.5. The summed E-state index contributed by atoms with van der Waals surface area (Å²) in [6, 6.07) is 3.64. The second kappa shape index (κ2) is 7.34. The number of carbonyl (C=O) groups is 1. The number of hydrogen-bond acceptors (Lipinski definition) is 7. The van der Waals surface area contributed by atoms with Crippen LogP contribution < -0.4 is 5.32 Å². The molecule has 1 N–H and O–H groups in total. The van der Waals surface area contributed by atoms with Crippen molar-refractivity contribution in [1.82, 2.24) is 10.2 Å². The number of non-ortho nitro benzene ring substituents is 1. The molecule has 10 heteroatoms. The highest BCUT2D eigenvalue weighted by Gasteiger charge is 2.16. The summed E-state index contributed by atoms with van der Waals surface area (Å²) in [5.41, 5.74) is -0.0525. The van der Waals surface area contributed by atoms with Crippen molar-refractivity contribution in [2.75, 3.05) is 11.1 Å². The maximum absolute atomic E-state index is 12.1. The molecular weight excluding hydrogens is 348 g/mol. The molecule has 0 aliphatic rings. The van der Waals surface area contributed by atoms with Crippen LogP contribution in [0.4, 0.5) is 10.8 Å². The number of nitrogens with zero attached hydrogens (tertiary/aromatic N) is 3. The molecule has 0 spiro atoms. The highest BCUT2D eigenvalue weighted by atomic mass is 35.5. The Balaban J connectivity index is 2.10. The van der Waals surface area contributed by atoms with E-state index in [0.29, 0.717) is 15.2 Å². The highest BCUT2D eigenvalue weighted by molar-refractivity contribution is 8.01. The Labute approximate surface area is 138 Å². The van der Waals surface area contributed by atoms with Crippen molar-refractivity contribution >= 4 is 51.4 Å². The summed E-state index contributed by atoms with van der Waals surface area (Å²) in [7, 11) is 0. The molecule has 0 atom stereocenters. The van der Waals surface area contributed by atoms with Crippen molar-refractivity contribution < 1.29 is 9.72 Å². The number of nitro groups is 1. The van der Waals surface area contributed by atoms with E-state index in [-0.39, 0.29) is 16.3 Å². The minimum atomic E-state index is -0.582. The Morgan fingerprint density at radius 3 is 2.95 bits per heavy atom. The molecule has 2 rings (SSSR count). The van der Waals surface area contributed by atoms with Crippen LogP contribution in [0.5, 0.6) is 0 Å². The Kier molecular flexibility index (Phi) is 5.47. The molecule has 1 aromatic heterocycles. The fraction of sp³-hybridized carbons (Fsp3) is 0.0833. The summed E-state index contributed by atoms with van der Waals surface area (Å²) < 4.78 is 0.699. The molecule has 0 saturated carbocycles. The SMILES string of the molecule is C=CCSc1nnc(NC(=O)c2ccc([N+](=O)[O-])cc2Cl)s1. The van der Waals surface area contributed by atoms with Crippen molar-refractivity contribution in [3.63, 3.8) is 0 Å². The van der Waals surface area contributed by atoms with E-state index in [4.69, 9.17) is 11.6 Å². The predicted molar refractivity (Wildman–Crippen MR) is 86.9 cm³/mol. The number of hydrogen-bond donors (Lipinski definition) is 1. The van der Waals surface area contributed by atoms with Crippen molar-refractivity contribution in [3.05, 3.63) is 51.6 Å². The lowest BCUT2D eigenvalue weighted by molar-refractivity contribution is -0.384. The fourth-order valence-electron chi connectivity index (χ4n) is 1.42. The maximum atomic E-state index is 12.1. The van der Waals surface area contributed by atoms with E-state index in [1.165, 1.54) is 35.2 Å². The van der Waals surface area contributed by atoms with Gasteiger partial charge in [-0.05, 0) is 6.07 Å². The van der Waals surface area contributed by atoms with Crippen molar-refractivity contribution in [3.8, 4) is 0 Å². The number of benzene rings is 1. The Morgan fingerprint density at radius 2 is 2.32 bits per heavy atom. The molecule has 2 aromatic rings. The molecule has 114 valence electrons. The topological polar surface area (TPSA) is 98.0 Å². The normalized spacial score (nSPS) is 10.2. The first kappa shape index (κ1) is 16.4. The largest absolute Gasteiger partial charge is 0.296 e. The van der Waals surface area contributed by atoms with E-state index < -0.39 is 10.8 Å². The van der Waals surface area contributed by atoms with Crippen LogP contribution in [0.1, 0.15) is 10.4 Å². The minimum Gasteiger partial charge on any atom is -0.296 e. The van der Waals surface area contributed by atoms with Crippen LogP contribution in [0.3, 0.4) is 0 Å². The first-order valence-electron chi connectivity index (χ1n) is 5.83. The zero-order chi connectivity index (χ0) is 16.1. The van der Waals surface area contributed by atoms with Crippen LogP contribution in [0.2, 0.25) is 5.02 Å². The van der Waals surface area contributed by atoms with Crippen LogP contribution in [0.25, 0.3) is 0 Å². The molecule has 0 radical (unpaired) electrons. The number of thioether (sulfide) groups is 1. The smallest absolute Gasteiger partial charge is 0.270 e. The third-order valence-corrected chi connectivity index (χ3v) is 4.64. The summed E-state index contributed by atoms with van der Waals surface area (Å²) in [6.07, 6.45) is 1.74. The van der Waals surface area contributed by atoms with E-state index in [1.807, 2.05) is 0 Å². The van der Waals surface area contributed by atoms with Gasteiger partial charge in [-0.2, -0.15) is 0 Å². The average Bonchev–Trinajstić information content (AvgIpc) is 2.92. The van der Waals surface area contributed by atoms with Crippen LogP contribution >= 0.6 is 34.7 Å². The van der Waals surface area contributed by atoms with E-state index in [0.717, 1.165) is 6.07 Å². The Bertz CT molecular complexity index is 735. The second-order valence-electron chi connectivity index (χ2n) is 3.85. The minimum absolute atomic E-state index is 0.00234. The van der Waals surface area contributed by atoms with Crippen molar-refractivity contribution in [2.45, 2.75) is 4.34 Å². The Morgan fingerprint density at radius 1 is 1.55 bits per heavy atom. The molecule has 1 heterocycles. The van der Waals surface area contributed by atoms with E-state index in [2.05, 4.69) is 22.1 Å². The molecule has 1 amide bonds. The third kappa shape index (κ3) is 4.03. The number of halogens is 1. The molecule has 0 aliphatic carbocycles. The summed E-state index contributed by atoms with van der Waals surface area (Å²) in [5, 5.41) is 21.3. The van der Waals surface area contributed by atoms with Crippen LogP contribution in [-0.4, -0.2) is 26.8 Å². The van der Waals surface area contributed by atoms with Gasteiger partial charge in [0.2, 0.25) is 5.13 Å². The van der Waals surface area contributed by atoms with Crippen molar-refractivity contribution in [1.29, 1.82) is 0 Å². The molecule has 7 nitrogen and oxygen atoms in total. The number of amides is 1.